The smallest absolute Gasteiger partial charge is 0.243 e. The average Bonchev–Trinajstić information content (AvgIpc) is 2.66. The van der Waals surface area contributed by atoms with Crippen molar-refractivity contribution < 1.29 is 9.59 Å². The number of amides is 2. The second-order valence-corrected chi connectivity index (χ2v) is 8.75. The summed E-state index contributed by atoms with van der Waals surface area (Å²) in [5.41, 5.74) is 3.37. The summed E-state index contributed by atoms with van der Waals surface area (Å²) >= 11 is 1.51. The van der Waals surface area contributed by atoms with Gasteiger partial charge in [-0.25, -0.2) is 0 Å². The van der Waals surface area contributed by atoms with Crippen LogP contribution in [0.1, 0.15) is 43.9 Å². The van der Waals surface area contributed by atoms with Crippen molar-refractivity contribution in [2.75, 3.05) is 5.75 Å². The second-order valence-electron chi connectivity index (χ2n) is 7.70. The Morgan fingerprint density at radius 2 is 1.72 bits per heavy atom. The first kappa shape index (κ1) is 23.0. The Hall–Kier alpha value is -2.27. The molecule has 2 amide bonds. The topological polar surface area (TPSA) is 49.4 Å². The third kappa shape index (κ3) is 7.24. The molecule has 0 aromatic heterocycles. The molecule has 0 aliphatic heterocycles. The lowest BCUT2D eigenvalue weighted by atomic mass is 10.1. The lowest BCUT2D eigenvalue weighted by molar-refractivity contribution is -0.139. The van der Waals surface area contributed by atoms with E-state index >= 15 is 0 Å². The number of hydrogen-bond acceptors (Lipinski definition) is 3. The molecule has 156 valence electrons. The lowest BCUT2D eigenvalue weighted by Gasteiger charge is -2.31. The molecule has 2 aromatic carbocycles. The third-order valence-electron chi connectivity index (χ3n) is 4.64. The molecular weight excluding hydrogens is 380 g/mol. The van der Waals surface area contributed by atoms with Crippen molar-refractivity contribution in [2.24, 2.45) is 0 Å². The predicted molar refractivity (Wildman–Crippen MR) is 121 cm³/mol. The van der Waals surface area contributed by atoms with Crippen molar-refractivity contribution in [2.45, 2.75) is 64.6 Å². The van der Waals surface area contributed by atoms with Gasteiger partial charge in [-0.2, -0.15) is 0 Å². The normalized spacial score (nSPS) is 11.9. The van der Waals surface area contributed by atoms with Gasteiger partial charge in [0.1, 0.15) is 6.04 Å². The highest BCUT2D eigenvalue weighted by Crippen LogP contribution is 2.21. The maximum atomic E-state index is 13.2. The van der Waals surface area contributed by atoms with Crippen molar-refractivity contribution in [3.63, 3.8) is 0 Å². The minimum atomic E-state index is -0.482. The summed E-state index contributed by atoms with van der Waals surface area (Å²) in [6.45, 7) is 10.3. The Bertz CT molecular complexity index is 818. The average molecular weight is 413 g/mol. The highest BCUT2D eigenvalue weighted by atomic mass is 32.2. The van der Waals surface area contributed by atoms with Gasteiger partial charge in [-0.05, 0) is 51.8 Å². The quantitative estimate of drug-likeness (QED) is 0.606. The molecule has 1 N–H and O–H groups in total. The van der Waals surface area contributed by atoms with Gasteiger partial charge in [0.2, 0.25) is 11.8 Å². The molecule has 0 aliphatic rings. The number of rotatable bonds is 9. The first-order chi connectivity index (χ1) is 13.8. The van der Waals surface area contributed by atoms with E-state index in [0.717, 1.165) is 16.0 Å². The molecule has 0 heterocycles. The molecule has 1 unspecified atom stereocenters. The van der Waals surface area contributed by atoms with E-state index in [0.29, 0.717) is 18.7 Å². The molecule has 29 heavy (non-hydrogen) atoms. The molecule has 0 bridgehead atoms. The van der Waals surface area contributed by atoms with Gasteiger partial charge in [-0.3, -0.25) is 9.59 Å². The Balaban J connectivity index is 2.20. The molecule has 2 aromatic rings. The number of benzene rings is 2. The molecule has 1 atom stereocenters. The highest BCUT2D eigenvalue weighted by Gasteiger charge is 2.28. The molecule has 0 aliphatic carbocycles. The summed E-state index contributed by atoms with van der Waals surface area (Å²) in [5.74, 6) is 0.187. The first-order valence-electron chi connectivity index (χ1n) is 10.1. The number of nitrogens with one attached hydrogen (secondary N) is 1. The van der Waals surface area contributed by atoms with Gasteiger partial charge < -0.3 is 10.2 Å². The van der Waals surface area contributed by atoms with E-state index in [2.05, 4.69) is 11.4 Å². The van der Waals surface area contributed by atoms with Crippen LogP contribution in [-0.2, 0) is 16.1 Å². The Labute approximate surface area is 179 Å². The number of nitrogens with zero attached hydrogens (tertiary/aromatic N) is 1. The van der Waals surface area contributed by atoms with Gasteiger partial charge in [-0.15, -0.1) is 11.8 Å². The molecule has 0 radical (unpaired) electrons. The number of carbonyl (C=O) groups excluding carboxylic acids is 2. The zero-order valence-electron chi connectivity index (χ0n) is 18.1. The first-order valence-corrected chi connectivity index (χ1v) is 11.1. The standard InChI is InChI=1S/C24H32N2O2S/c1-6-22(24(28)25-17(2)3)26(15-20-9-7-8-19(5)14-20)23(27)16-29-21-12-10-18(4)11-13-21/h7-14,17,22H,6,15-16H2,1-5H3,(H,25,28). The maximum Gasteiger partial charge on any atom is 0.243 e. The van der Waals surface area contributed by atoms with Gasteiger partial charge >= 0.3 is 0 Å². The van der Waals surface area contributed by atoms with Crippen LogP contribution in [-0.4, -0.2) is 34.6 Å². The number of aryl methyl sites for hydroxylation is 2. The van der Waals surface area contributed by atoms with E-state index in [1.807, 2.05) is 77.1 Å². The van der Waals surface area contributed by atoms with E-state index < -0.39 is 6.04 Å². The fourth-order valence-corrected chi connectivity index (χ4v) is 3.95. The summed E-state index contributed by atoms with van der Waals surface area (Å²) in [5, 5.41) is 2.97. The molecule has 0 saturated heterocycles. The predicted octanol–water partition coefficient (Wildman–Crippen LogP) is 4.73. The zero-order valence-corrected chi connectivity index (χ0v) is 18.9. The van der Waals surface area contributed by atoms with E-state index in [1.165, 1.54) is 17.3 Å². The fourth-order valence-electron chi connectivity index (χ4n) is 3.17. The zero-order chi connectivity index (χ0) is 21.4. The minimum absolute atomic E-state index is 0.0252. The maximum absolute atomic E-state index is 13.2. The molecule has 2 rings (SSSR count). The van der Waals surface area contributed by atoms with Gasteiger partial charge in [0.15, 0.2) is 0 Å². The summed E-state index contributed by atoms with van der Waals surface area (Å²) in [7, 11) is 0. The van der Waals surface area contributed by atoms with Crippen LogP contribution >= 0.6 is 11.8 Å². The van der Waals surface area contributed by atoms with Crippen molar-refractivity contribution in [1.29, 1.82) is 0 Å². The Morgan fingerprint density at radius 1 is 1.03 bits per heavy atom. The van der Waals surface area contributed by atoms with E-state index in [-0.39, 0.29) is 17.9 Å². The van der Waals surface area contributed by atoms with Gasteiger partial charge in [0, 0.05) is 17.5 Å². The summed E-state index contributed by atoms with van der Waals surface area (Å²) in [6.07, 6.45) is 0.575. The van der Waals surface area contributed by atoms with Gasteiger partial charge in [0.25, 0.3) is 0 Å². The van der Waals surface area contributed by atoms with Crippen LogP contribution in [0.4, 0.5) is 0 Å². The van der Waals surface area contributed by atoms with Crippen LogP contribution in [0.2, 0.25) is 0 Å². The van der Waals surface area contributed by atoms with Crippen molar-refractivity contribution >= 4 is 23.6 Å². The summed E-state index contributed by atoms with van der Waals surface area (Å²) in [6, 6.07) is 15.8. The SMILES string of the molecule is CCC(C(=O)NC(C)C)N(Cc1cccc(C)c1)C(=O)CSc1ccc(C)cc1. The van der Waals surface area contributed by atoms with Crippen LogP contribution in [0.25, 0.3) is 0 Å². The molecule has 0 fully saturated rings. The van der Waals surface area contributed by atoms with Crippen molar-refractivity contribution in [3.05, 3.63) is 65.2 Å². The lowest BCUT2D eigenvalue weighted by Crippen LogP contribution is -2.50. The van der Waals surface area contributed by atoms with E-state index in [1.54, 1.807) is 4.90 Å². The van der Waals surface area contributed by atoms with Crippen LogP contribution < -0.4 is 5.32 Å². The monoisotopic (exact) mass is 412 g/mol. The van der Waals surface area contributed by atoms with E-state index in [9.17, 15) is 9.59 Å². The largest absolute Gasteiger partial charge is 0.352 e. The molecule has 5 heteroatoms. The molecular formula is C24H32N2O2S. The second kappa shape index (κ2) is 11.1. The van der Waals surface area contributed by atoms with Crippen LogP contribution in [0.5, 0.6) is 0 Å². The van der Waals surface area contributed by atoms with Crippen LogP contribution in [0, 0.1) is 13.8 Å². The van der Waals surface area contributed by atoms with Crippen LogP contribution in [0.15, 0.2) is 53.4 Å². The summed E-state index contributed by atoms with van der Waals surface area (Å²) in [4.78, 5) is 28.8. The minimum Gasteiger partial charge on any atom is -0.352 e. The van der Waals surface area contributed by atoms with Gasteiger partial charge in [-0.1, -0.05) is 54.4 Å². The Kier molecular flexibility index (Phi) is 8.77. The summed E-state index contributed by atoms with van der Waals surface area (Å²) < 4.78 is 0. The number of carbonyl (C=O) groups is 2. The third-order valence-corrected chi connectivity index (χ3v) is 5.63. The van der Waals surface area contributed by atoms with Gasteiger partial charge in [0.05, 0.1) is 5.75 Å². The van der Waals surface area contributed by atoms with Crippen LogP contribution in [0.3, 0.4) is 0 Å². The Morgan fingerprint density at radius 3 is 2.31 bits per heavy atom. The van der Waals surface area contributed by atoms with Crippen molar-refractivity contribution in [1.82, 2.24) is 10.2 Å². The highest BCUT2D eigenvalue weighted by molar-refractivity contribution is 8.00. The number of hydrogen-bond donors (Lipinski definition) is 1. The fraction of sp³-hybridized carbons (Fsp3) is 0.417. The molecule has 4 nitrogen and oxygen atoms in total. The number of thioether (sulfide) groups is 1. The van der Waals surface area contributed by atoms with Crippen molar-refractivity contribution in [3.8, 4) is 0 Å². The van der Waals surface area contributed by atoms with E-state index in [4.69, 9.17) is 0 Å². The molecule has 0 saturated carbocycles. The molecule has 0 spiro atoms.